The van der Waals surface area contributed by atoms with E-state index in [1.807, 2.05) is 54.6 Å². The van der Waals surface area contributed by atoms with Crippen LogP contribution in [-0.2, 0) is 0 Å². The highest BCUT2D eigenvalue weighted by atomic mass is 14.9. The van der Waals surface area contributed by atoms with E-state index >= 15 is 0 Å². The van der Waals surface area contributed by atoms with Crippen molar-refractivity contribution >= 4 is 28.0 Å². The molecule has 0 unspecified atom stereocenters. The van der Waals surface area contributed by atoms with Crippen molar-refractivity contribution in [3.05, 3.63) is 60.8 Å². The number of pyridine rings is 1. The molecule has 1 aromatic heterocycles. The summed E-state index contributed by atoms with van der Waals surface area (Å²) in [6.45, 7) is 0. The molecule has 0 bridgehead atoms. The van der Waals surface area contributed by atoms with E-state index in [1.165, 1.54) is 0 Å². The van der Waals surface area contributed by atoms with E-state index in [-0.39, 0.29) is 0 Å². The van der Waals surface area contributed by atoms with Gasteiger partial charge in [-0.15, -0.1) is 0 Å². The molecule has 2 aromatic carbocycles. The normalized spacial score (nSPS) is 10.4. The number of hydrogen-bond acceptors (Lipinski definition) is 3. The molecule has 18 heavy (non-hydrogen) atoms. The largest absolute Gasteiger partial charge is 0.398 e. The Bertz CT molecular complexity index is 678. The third-order valence-corrected chi connectivity index (χ3v) is 2.86. The molecule has 0 saturated heterocycles. The van der Waals surface area contributed by atoms with E-state index in [1.54, 1.807) is 6.20 Å². The molecule has 3 aromatic rings. The Balaban J connectivity index is 2.10. The molecular weight excluding hydrogens is 222 g/mol. The van der Waals surface area contributed by atoms with Gasteiger partial charge >= 0.3 is 0 Å². The molecule has 0 aliphatic carbocycles. The SMILES string of the molecule is Nc1ccc(Nc2ccccc2)c2ncccc12. The van der Waals surface area contributed by atoms with Crippen LogP contribution in [-0.4, -0.2) is 4.98 Å². The number of nitrogens with one attached hydrogen (secondary N) is 1. The van der Waals surface area contributed by atoms with E-state index in [4.69, 9.17) is 5.73 Å². The zero-order valence-electron chi connectivity index (χ0n) is 9.80. The predicted molar refractivity (Wildman–Crippen MR) is 75.9 cm³/mol. The van der Waals surface area contributed by atoms with Crippen LogP contribution in [0.3, 0.4) is 0 Å². The highest BCUT2D eigenvalue weighted by Crippen LogP contribution is 2.28. The van der Waals surface area contributed by atoms with E-state index in [0.29, 0.717) is 0 Å². The molecule has 0 amide bonds. The third kappa shape index (κ3) is 1.86. The Kier molecular flexibility index (Phi) is 2.57. The smallest absolute Gasteiger partial charge is 0.0957 e. The number of anilines is 3. The fraction of sp³-hybridized carbons (Fsp3) is 0. The molecule has 3 N–H and O–H groups in total. The summed E-state index contributed by atoms with van der Waals surface area (Å²) in [5, 5.41) is 4.33. The van der Waals surface area contributed by atoms with Gasteiger partial charge in [-0.05, 0) is 36.4 Å². The van der Waals surface area contributed by atoms with Gasteiger partial charge in [0.05, 0.1) is 11.2 Å². The number of nitrogens with zero attached hydrogens (tertiary/aromatic N) is 1. The number of nitrogen functional groups attached to an aromatic ring is 1. The molecule has 3 heteroatoms. The molecule has 0 spiro atoms. The van der Waals surface area contributed by atoms with Crippen LogP contribution in [0.25, 0.3) is 10.9 Å². The van der Waals surface area contributed by atoms with E-state index in [9.17, 15) is 0 Å². The summed E-state index contributed by atoms with van der Waals surface area (Å²) < 4.78 is 0. The molecule has 0 radical (unpaired) electrons. The summed E-state index contributed by atoms with van der Waals surface area (Å²) in [6, 6.07) is 17.7. The molecule has 1 heterocycles. The van der Waals surface area contributed by atoms with Gasteiger partial charge < -0.3 is 11.1 Å². The van der Waals surface area contributed by atoms with Crippen LogP contribution in [0.5, 0.6) is 0 Å². The van der Waals surface area contributed by atoms with Gasteiger partial charge in [0.2, 0.25) is 0 Å². The number of nitrogens with two attached hydrogens (primary N) is 1. The zero-order chi connectivity index (χ0) is 12.4. The minimum absolute atomic E-state index is 0.747. The van der Waals surface area contributed by atoms with Crippen molar-refractivity contribution in [1.82, 2.24) is 4.98 Å². The highest BCUT2D eigenvalue weighted by Gasteiger charge is 2.04. The molecule has 3 rings (SSSR count). The summed E-state index contributed by atoms with van der Waals surface area (Å²) in [7, 11) is 0. The fourth-order valence-electron chi connectivity index (χ4n) is 1.97. The maximum atomic E-state index is 5.95. The first-order valence-electron chi connectivity index (χ1n) is 5.80. The summed E-state index contributed by atoms with van der Waals surface area (Å²) in [5.41, 5.74) is 9.59. The van der Waals surface area contributed by atoms with Gasteiger partial charge in [0, 0.05) is 23.0 Å². The Morgan fingerprint density at radius 2 is 1.72 bits per heavy atom. The number of aromatic nitrogens is 1. The van der Waals surface area contributed by atoms with Crippen molar-refractivity contribution in [2.24, 2.45) is 0 Å². The second kappa shape index (κ2) is 4.37. The third-order valence-electron chi connectivity index (χ3n) is 2.86. The number of rotatable bonds is 2. The quantitative estimate of drug-likeness (QED) is 0.668. The predicted octanol–water partition coefficient (Wildman–Crippen LogP) is 3.56. The Hall–Kier alpha value is -2.55. The Morgan fingerprint density at radius 3 is 2.56 bits per heavy atom. The molecule has 3 nitrogen and oxygen atoms in total. The average molecular weight is 235 g/mol. The van der Waals surface area contributed by atoms with Crippen LogP contribution < -0.4 is 11.1 Å². The first-order chi connectivity index (χ1) is 8.84. The summed E-state index contributed by atoms with van der Waals surface area (Å²) in [6.07, 6.45) is 1.78. The summed E-state index contributed by atoms with van der Waals surface area (Å²) in [4.78, 5) is 4.40. The average Bonchev–Trinajstić information content (AvgIpc) is 2.44. The first kappa shape index (κ1) is 10.6. The van der Waals surface area contributed by atoms with Gasteiger partial charge in [-0.3, -0.25) is 4.98 Å². The van der Waals surface area contributed by atoms with Crippen LogP contribution in [0, 0.1) is 0 Å². The lowest BCUT2D eigenvalue weighted by atomic mass is 10.1. The molecule has 88 valence electrons. The maximum Gasteiger partial charge on any atom is 0.0957 e. The van der Waals surface area contributed by atoms with Crippen molar-refractivity contribution in [2.45, 2.75) is 0 Å². The monoisotopic (exact) mass is 235 g/mol. The van der Waals surface area contributed by atoms with Gasteiger partial charge in [-0.25, -0.2) is 0 Å². The van der Waals surface area contributed by atoms with Crippen molar-refractivity contribution in [2.75, 3.05) is 11.1 Å². The summed E-state index contributed by atoms with van der Waals surface area (Å²) in [5.74, 6) is 0. The number of fused-ring (bicyclic) bond motifs is 1. The van der Waals surface area contributed by atoms with Gasteiger partial charge in [0.1, 0.15) is 0 Å². The second-order valence-corrected chi connectivity index (χ2v) is 4.09. The molecule has 0 saturated carbocycles. The van der Waals surface area contributed by atoms with Crippen LogP contribution in [0.15, 0.2) is 60.8 Å². The van der Waals surface area contributed by atoms with E-state index in [0.717, 1.165) is 28.0 Å². The van der Waals surface area contributed by atoms with Crippen molar-refractivity contribution in [3.8, 4) is 0 Å². The Labute approximate surface area is 105 Å². The minimum atomic E-state index is 0.747. The molecule has 0 aliphatic rings. The first-order valence-corrected chi connectivity index (χ1v) is 5.80. The van der Waals surface area contributed by atoms with E-state index < -0.39 is 0 Å². The second-order valence-electron chi connectivity index (χ2n) is 4.09. The van der Waals surface area contributed by atoms with E-state index in [2.05, 4.69) is 10.3 Å². The van der Waals surface area contributed by atoms with Crippen LogP contribution in [0.2, 0.25) is 0 Å². The fourth-order valence-corrected chi connectivity index (χ4v) is 1.97. The topological polar surface area (TPSA) is 50.9 Å². The lowest BCUT2D eigenvalue weighted by molar-refractivity contribution is 1.40. The van der Waals surface area contributed by atoms with Gasteiger partial charge in [-0.2, -0.15) is 0 Å². The molecule has 0 fully saturated rings. The Morgan fingerprint density at radius 1 is 0.889 bits per heavy atom. The minimum Gasteiger partial charge on any atom is -0.398 e. The standard InChI is InChI=1S/C15H13N3/c16-13-8-9-14(15-12(13)7-4-10-17-15)18-11-5-2-1-3-6-11/h1-10,18H,16H2. The van der Waals surface area contributed by atoms with Crippen LogP contribution in [0.1, 0.15) is 0 Å². The van der Waals surface area contributed by atoms with Crippen molar-refractivity contribution in [1.29, 1.82) is 0 Å². The van der Waals surface area contributed by atoms with Gasteiger partial charge in [0.25, 0.3) is 0 Å². The molecule has 0 aliphatic heterocycles. The lowest BCUT2D eigenvalue weighted by Crippen LogP contribution is -1.95. The van der Waals surface area contributed by atoms with Crippen LogP contribution in [0.4, 0.5) is 17.1 Å². The zero-order valence-corrected chi connectivity index (χ0v) is 9.80. The van der Waals surface area contributed by atoms with Crippen LogP contribution >= 0.6 is 0 Å². The lowest BCUT2D eigenvalue weighted by Gasteiger charge is -2.10. The highest BCUT2D eigenvalue weighted by molar-refractivity contribution is 5.99. The van der Waals surface area contributed by atoms with Crippen molar-refractivity contribution < 1.29 is 0 Å². The number of hydrogen-bond donors (Lipinski definition) is 2. The number of benzene rings is 2. The maximum absolute atomic E-state index is 5.95. The molecule has 0 atom stereocenters. The number of para-hydroxylation sites is 1. The van der Waals surface area contributed by atoms with Gasteiger partial charge in [-0.1, -0.05) is 18.2 Å². The molecular formula is C15H13N3. The summed E-state index contributed by atoms with van der Waals surface area (Å²) >= 11 is 0. The van der Waals surface area contributed by atoms with Gasteiger partial charge in [0.15, 0.2) is 0 Å². The van der Waals surface area contributed by atoms with Crippen molar-refractivity contribution in [3.63, 3.8) is 0 Å².